The first kappa shape index (κ1) is 19.4. The summed E-state index contributed by atoms with van der Waals surface area (Å²) >= 11 is 0. The van der Waals surface area contributed by atoms with Crippen LogP contribution in [0.3, 0.4) is 0 Å². The molecule has 2 aliphatic rings. The Hall–Kier alpha value is -1.33. The highest BCUT2D eigenvalue weighted by Crippen LogP contribution is 2.51. The van der Waals surface area contributed by atoms with Gasteiger partial charge >= 0.3 is 13.5 Å². The number of nitrogens with one attached hydrogen (secondary N) is 1. The van der Waals surface area contributed by atoms with Crippen molar-refractivity contribution in [3.63, 3.8) is 0 Å². The maximum absolute atomic E-state index is 12.3. The van der Waals surface area contributed by atoms with Crippen molar-refractivity contribution in [2.24, 2.45) is 0 Å². The monoisotopic (exact) mass is 392 g/mol. The average molecular weight is 392 g/mol. The molecular weight excluding hydrogens is 371 g/mol. The fourth-order valence-corrected chi connectivity index (χ4v) is 3.84. The molecule has 11 nitrogen and oxygen atoms in total. The predicted octanol–water partition coefficient (Wildman–Crippen LogP) is -0.203. The van der Waals surface area contributed by atoms with Gasteiger partial charge in [-0.25, -0.2) is 9.36 Å². The number of rotatable bonds is 6. The van der Waals surface area contributed by atoms with E-state index in [9.17, 15) is 23.9 Å². The summed E-state index contributed by atoms with van der Waals surface area (Å²) in [5, 5.41) is 0. The third kappa shape index (κ3) is 3.44. The number of phosphoric acid groups is 1. The second-order valence-corrected chi connectivity index (χ2v) is 7.45. The smallest absolute Gasteiger partial charge is 0.374 e. The van der Waals surface area contributed by atoms with Gasteiger partial charge in [0.15, 0.2) is 6.23 Å². The standard InChI is InChI=1S/C14H21N2O9P/c1-4-6(2)23-11-10-9(25-26(19,20)21)7-5-8(17)15-14(18)16(7)13(24-10)12(11)22-3/h5-6,9-13H,4H2,1-3H3,(H,15,17,18)(H2,19,20,21)/t6?,9-,10?,11?,12?,13?/m1/s1. The minimum absolute atomic E-state index is 0.000580. The molecule has 0 amide bonds. The molecule has 2 aliphatic heterocycles. The van der Waals surface area contributed by atoms with Crippen LogP contribution in [0.1, 0.15) is 38.3 Å². The fraction of sp³-hybridized carbons (Fsp3) is 0.714. The van der Waals surface area contributed by atoms with Crippen molar-refractivity contribution in [2.75, 3.05) is 7.11 Å². The van der Waals surface area contributed by atoms with Crippen LogP contribution in [0.15, 0.2) is 15.7 Å². The first-order chi connectivity index (χ1) is 12.2. The molecule has 146 valence electrons. The van der Waals surface area contributed by atoms with Gasteiger partial charge in [-0.3, -0.25) is 18.9 Å². The van der Waals surface area contributed by atoms with Gasteiger partial charge in [0, 0.05) is 13.2 Å². The number of nitrogens with zero attached hydrogens (tertiary/aromatic N) is 1. The molecule has 1 aromatic heterocycles. The van der Waals surface area contributed by atoms with Crippen LogP contribution in [0.2, 0.25) is 0 Å². The molecule has 0 aliphatic carbocycles. The Labute approximate surface area is 148 Å². The summed E-state index contributed by atoms with van der Waals surface area (Å²) < 4.78 is 34.6. The van der Waals surface area contributed by atoms with Gasteiger partial charge in [0.1, 0.15) is 24.4 Å². The van der Waals surface area contributed by atoms with E-state index in [1.807, 2.05) is 13.8 Å². The zero-order valence-corrected chi connectivity index (χ0v) is 15.3. The number of hydrogen-bond donors (Lipinski definition) is 3. The lowest BCUT2D eigenvalue weighted by molar-refractivity contribution is -0.127. The number of fused-ring (bicyclic) bond motifs is 4. The van der Waals surface area contributed by atoms with Gasteiger partial charge in [-0.05, 0) is 13.3 Å². The summed E-state index contributed by atoms with van der Waals surface area (Å²) in [5.41, 5.74) is -1.50. The van der Waals surface area contributed by atoms with E-state index >= 15 is 0 Å². The Balaban J connectivity index is 2.14. The minimum Gasteiger partial charge on any atom is -0.374 e. The molecule has 1 fully saturated rings. The molecule has 0 saturated carbocycles. The molecule has 3 heterocycles. The zero-order chi connectivity index (χ0) is 19.2. The molecular formula is C14H21N2O9P. The maximum Gasteiger partial charge on any atom is 0.470 e. The Morgan fingerprint density at radius 3 is 2.65 bits per heavy atom. The van der Waals surface area contributed by atoms with E-state index in [-0.39, 0.29) is 11.8 Å². The zero-order valence-electron chi connectivity index (χ0n) is 14.4. The normalized spacial score (nSPS) is 31.7. The molecule has 1 saturated heterocycles. The van der Waals surface area contributed by atoms with E-state index in [0.29, 0.717) is 6.42 Å². The summed E-state index contributed by atoms with van der Waals surface area (Å²) in [6, 6.07) is 1.06. The summed E-state index contributed by atoms with van der Waals surface area (Å²) in [4.78, 5) is 44.7. The minimum atomic E-state index is -4.95. The van der Waals surface area contributed by atoms with Crippen molar-refractivity contribution in [3.05, 3.63) is 32.6 Å². The lowest BCUT2D eigenvalue weighted by atomic mass is 10.0. The summed E-state index contributed by atoms with van der Waals surface area (Å²) in [6.07, 6.45) is -4.27. The number of aromatic amines is 1. The molecule has 3 rings (SSSR count). The van der Waals surface area contributed by atoms with Gasteiger partial charge in [-0.15, -0.1) is 0 Å². The summed E-state index contributed by atoms with van der Waals surface area (Å²) in [6.45, 7) is 3.74. The van der Waals surface area contributed by atoms with Gasteiger partial charge in [0.2, 0.25) is 0 Å². The second kappa shape index (κ2) is 7.01. The molecule has 26 heavy (non-hydrogen) atoms. The topological polar surface area (TPSA) is 149 Å². The van der Waals surface area contributed by atoms with Crippen LogP contribution in [-0.2, 0) is 23.3 Å². The third-order valence-electron chi connectivity index (χ3n) is 4.56. The molecule has 2 bridgehead atoms. The highest BCUT2D eigenvalue weighted by Gasteiger charge is 2.57. The predicted molar refractivity (Wildman–Crippen MR) is 86.5 cm³/mol. The molecule has 5 unspecified atom stereocenters. The molecule has 0 spiro atoms. The highest BCUT2D eigenvalue weighted by molar-refractivity contribution is 7.46. The van der Waals surface area contributed by atoms with Crippen molar-refractivity contribution >= 4 is 7.82 Å². The molecule has 1 aromatic rings. The van der Waals surface area contributed by atoms with Gasteiger partial charge in [0.25, 0.3) is 5.56 Å². The number of hydrogen-bond acceptors (Lipinski definition) is 7. The molecule has 0 radical (unpaired) electrons. The van der Waals surface area contributed by atoms with Crippen LogP contribution >= 0.6 is 7.82 Å². The van der Waals surface area contributed by atoms with Crippen LogP contribution in [0.4, 0.5) is 0 Å². The summed E-state index contributed by atoms with van der Waals surface area (Å²) in [5.74, 6) is 0. The Bertz CT molecular complexity index is 830. The quantitative estimate of drug-likeness (QED) is 0.559. The Morgan fingerprint density at radius 2 is 2.08 bits per heavy atom. The van der Waals surface area contributed by atoms with Gasteiger partial charge in [-0.1, -0.05) is 6.92 Å². The van der Waals surface area contributed by atoms with E-state index in [4.69, 9.17) is 18.7 Å². The second-order valence-electron chi connectivity index (χ2n) is 6.26. The van der Waals surface area contributed by atoms with E-state index in [1.165, 1.54) is 7.11 Å². The third-order valence-corrected chi connectivity index (χ3v) is 5.06. The Kier molecular flexibility index (Phi) is 5.24. The highest BCUT2D eigenvalue weighted by atomic mass is 31.2. The van der Waals surface area contributed by atoms with Crippen LogP contribution < -0.4 is 11.2 Å². The van der Waals surface area contributed by atoms with Gasteiger partial charge in [0.05, 0.1) is 11.8 Å². The van der Waals surface area contributed by atoms with Gasteiger partial charge < -0.3 is 24.0 Å². The fourth-order valence-electron chi connectivity index (χ4n) is 3.32. The summed E-state index contributed by atoms with van der Waals surface area (Å²) in [7, 11) is -3.54. The molecule has 0 aromatic carbocycles. The van der Waals surface area contributed by atoms with E-state index in [2.05, 4.69) is 4.98 Å². The number of aromatic nitrogens is 2. The molecule has 6 atom stereocenters. The first-order valence-corrected chi connectivity index (χ1v) is 9.62. The lowest BCUT2D eigenvalue weighted by Gasteiger charge is -2.33. The SMILES string of the molecule is CCC(C)OC1C(OC)C2OC1[C@H](OP(=O)(O)O)c1cc(=O)[nH]c(=O)n12. The average Bonchev–Trinajstić information content (AvgIpc) is 2.84. The van der Waals surface area contributed by atoms with Crippen molar-refractivity contribution in [1.82, 2.24) is 9.55 Å². The molecule has 12 heteroatoms. The Morgan fingerprint density at radius 1 is 1.38 bits per heavy atom. The van der Waals surface area contributed by atoms with E-state index < -0.39 is 49.7 Å². The number of H-pyrrole nitrogens is 1. The van der Waals surface area contributed by atoms with Crippen molar-refractivity contribution in [2.45, 2.75) is 57.0 Å². The lowest BCUT2D eigenvalue weighted by Crippen LogP contribution is -2.42. The van der Waals surface area contributed by atoms with Crippen LogP contribution in [-0.4, -0.2) is 50.9 Å². The largest absolute Gasteiger partial charge is 0.470 e. The number of methoxy groups -OCH3 is 1. The molecule has 3 N–H and O–H groups in total. The van der Waals surface area contributed by atoms with Crippen LogP contribution in [0.5, 0.6) is 0 Å². The number of phosphoric ester groups is 1. The van der Waals surface area contributed by atoms with Crippen molar-refractivity contribution in [1.29, 1.82) is 0 Å². The van der Waals surface area contributed by atoms with Crippen LogP contribution in [0, 0.1) is 0 Å². The first-order valence-electron chi connectivity index (χ1n) is 8.09. The van der Waals surface area contributed by atoms with Crippen molar-refractivity contribution in [3.8, 4) is 0 Å². The number of ether oxygens (including phenoxy) is 3. The van der Waals surface area contributed by atoms with Gasteiger partial charge in [-0.2, -0.15) is 0 Å². The maximum atomic E-state index is 12.3. The van der Waals surface area contributed by atoms with Crippen LogP contribution in [0.25, 0.3) is 0 Å². The van der Waals surface area contributed by atoms with E-state index in [0.717, 1.165) is 10.6 Å². The van der Waals surface area contributed by atoms with E-state index in [1.54, 1.807) is 0 Å². The van der Waals surface area contributed by atoms with Crippen molar-refractivity contribution < 1.29 is 33.1 Å².